The lowest BCUT2D eigenvalue weighted by molar-refractivity contribution is 0.296. The Balaban J connectivity index is 2.63. The summed E-state index contributed by atoms with van der Waals surface area (Å²) in [6, 6.07) is 4.40. The zero-order valence-corrected chi connectivity index (χ0v) is 12.7. The maximum atomic E-state index is 13.3. The molecule has 0 fully saturated rings. The van der Waals surface area contributed by atoms with Crippen LogP contribution >= 0.6 is 58.2 Å². The Kier molecular flexibility index (Phi) is 4.68. The van der Waals surface area contributed by atoms with Crippen molar-refractivity contribution in [2.45, 2.75) is 9.32 Å². The van der Waals surface area contributed by atoms with Crippen LogP contribution in [-0.2, 0) is 0 Å². The number of halogens is 5. The summed E-state index contributed by atoms with van der Waals surface area (Å²) in [5.74, 6) is 0. The molecule has 19 heavy (non-hydrogen) atoms. The number of nitrogens with zero attached hydrogens (tertiary/aromatic N) is 3. The Labute approximate surface area is 130 Å². The second-order valence-corrected chi connectivity index (χ2v) is 6.76. The van der Waals surface area contributed by atoms with Gasteiger partial charge in [0.05, 0.1) is 10.7 Å². The number of rotatable bonds is 3. The van der Waals surface area contributed by atoms with Crippen LogP contribution in [0.3, 0.4) is 0 Å². The second kappa shape index (κ2) is 5.93. The van der Waals surface area contributed by atoms with Crippen LogP contribution in [0.2, 0.25) is 10.0 Å². The van der Waals surface area contributed by atoms with Crippen molar-refractivity contribution >= 4 is 58.2 Å². The Bertz CT molecular complexity index is 672. The van der Waals surface area contributed by atoms with Crippen LogP contribution in [-0.4, -0.2) is 18.7 Å². The zero-order chi connectivity index (χ0) is 14.2. The monoisotopic (exact) mass is 361 g/mol. The summed E-state index contributed by atoms with van der Waals surface area (Å²) in [4.78, 5) is 11.4. The molecule has 2 aromatic rings. The van der Waals surface area contributed by atoms with Gasteiger partial charge in [-0.1, -0.05) is 50.9 Å². The summed E-state index contributed by atoms with van der Waals surface area (Å²) in [6.07, 6.45) is 0. The first-order valence-electron chi connectivity index (χ1n) is 4.68. The van der Waals surface area contributed by atoms with Crippen molar-refractivity contribution in [2.24, 2.45) is 0 Å². The van der Waals surface area contributed by atoms with Crippen molar-refractivity contribution in [3.05, 3.63) is 38.7 Å². The van der Waals surface area contributed by atoms with Crippen molar-refractivity contribution in [1.82, 2.24) is 14.6 Å². The van der Waals surface area contributed by atoms with Crippen LogP contribution in [0, 0.1) is 0 Å². The minimum atomic E-state index is -1.01. The number of aromatic nitrogens is 3. The van der Waals surface area contributed by atoms with Gasteiger partial charge in [-0.05, 0) is 34.9 Å². The standard InChI is InChI=1S/C9H4Cl4FN3OS/c10-4-1-2-6(5(11)3-4)16-8(19-7(12)13)15-17(14)9(16)18/h1-3,7H. The molecule has 1 aromatic carbocycles. The van der Waals surface area contributed by atoms with Gasteiger partial charge in [-0.3, -0.25) is 0 Å². The van der Waals surface area contributed by atoms with Crippen molar-refractivity contribution < 1.29 is 4.48 Å². The Morgan fingerprint density at radius 2 is 2.00 bits per heavy atom. The van der Waals surface area contributed by atoms with Gasteiger partial charge in [0.25, 0.3) is 0 Å². The summed E-state index contributed by atoms with van der Waals surface area (Å²) in [7, 11) is 0. The third kappa shape index (κ3) is 3.20. The first-order valence-corrected chi connectivity index (χ1v) is 7.19. The van der Waals surface area contributed by atoms with E-state index in [1.807, 2.05) is 0 Å². The molecule has 0 atom stereocenters. The van der Waals surface area contributed by atoms with Gasteiger partial charge in [0.15, 0.2) is 4.17 Å². The molecule has 0 aliphatic heterocycles. The van der Waals surface area contributed by atoms with E-state index in [1.54, 1.807) is 0 Å². The van der Waals surface area contributed by atoms with Crippen LogP contribution in [0.4, 0.5) is 4.48 Å². The van der Waals surface area contributed by atoms with Crippen LogP contribution < -0.4 is 5.69 Å². The third-order valence-electron chi connectivity index (χ3n) is 2.06. The predicted molar refractivity (Wildman–Crippen MR) is 75.7 cm³/mol. The maximum absolute atomic E-state index is 13.3. The molecular weight excluding hydrogens is 359 g/mol. The number of benzene rings is 1. The maximum Gasteiger partial charge on any atom is 0.380 e. The van der Waals surface area contributed by atoms with E-state index in [0.717, 1.165) is 16.3 Å². The number of hydrogen-bond donors (Lipinski definition) is 0. The molecule has 102 valence electrons. The average Bonchev–Trinajstić information content (AvgIpc) is 2.55. The molecule has 0 amide bonds. The van der Waals surface area contributed by atoms with Gasteiger partial charge >= 0.3 is 5.69 Å². The van der Waals surface area contributed by atoms with Crippen LogP contribution in [0.25, 0.3) is 5.69 Å². The lowest BCUT2D eigenvalue weighted by atomic mass is 10.3. The average molecular weight is 363 g/mol. The molecule has 0 unspecified atom stereocenters. The van der Waals surface area contributed by atoms with Gasteiger partial charge in [0, 0.05) is 5.02 Å². The highest BCUT2D eigenvalue weighted by atomic mass is 35.5. The minimum Gasteiger partial charge on any atom is -0.243 e. The molecule has 0 aliphatic rings. The summed E-state index contributed by atoms with van der Waals surface area (Å²) in [5.41, 5.74) is -0.780. The van der Waals surface area contributed by atoms with Crippen molar-refractivity contribution in [3.8, 4) is 5.69 Å². The minimum absolute atomic E-state index is 0.0216. The molecule has 0 aliphatic carbocycles. The molecule has 4 nitrogen and oxygen atoms in total. The first-order chi connectivity index (χ1) is 8.90. The molecule has 1 heterocycles. The van der Waals surface area contributed by atoms with E-state index in [2.05, 4.69) is 5.10 Å². The molecule has 1 aromatic heterocycles. The first kappa shape index (κ1) is 15.0. The summed E-state index contributed by atoms with van der Waals surface area (Å²) in [5, 5.41) is 3.93. The van der Waals surface area contributed by atoms with Crippen molar-refractivity contribution in [2.75, 3.05) is 0 Å². The summed E-state index contributed by atoms with van der Waals surface area (Å²) >= 11 is 23.7. The fraction of sp³-hybridized carbons (Fsp3) is 0.111. The number of thioether (sulfide) groups is 1. The van der Waals surface area contributed by atoms with Crippen LogP contribution in [0.15, 0.2) is 28.2 Å². The van der Waals surface area contributed by atoms with E-state index >= 15 is 0 Å². The van der Waals surface area contributed by atoms with Gasteiger partial charge in [-0.2, -0.15) is 0 Å². The van der Waals surface area contributed by atoms with E-state index in [1.165, 1.54) is 18.2 Å². The smallest absolute Gasteiger partial charge is 0.243 e. The Morgan fingerprint density at radius 1 is 1.32 bits per heavy atom. The molecule has 0 spiro atoms. The van der Waals surface area contributed by atoms with Crippen molar-refractivity contribution in [3.63, 3.8) is 0 Å². The SMILES string of the molecule is O=c1n(F)nc(SC(Cl)Cl)n1-c1ccc(Cl)cc1Cl. The van der Waals surface area contributed by atoms with Gasteiger partial charge in [0.2, 0.25) is 5.16 Å². The Hall–Kier alpha value is -0.400. The van der Waals surface area contributed by atoms with E-state index in [4.69, 9.17) is 46.4 Å². The summed E-state index contributed by atoms with van der Waals surface area (Å²) < 4.78 is 13.3. The molecule has 0 N–H and O–H groups in total. The van der Waals surface area contributed by atoms with E-state index in [0.29, 0.717) is 5.02 Å². The lowest BCUT2D eigenvalue weighted by Crippen LogP contribution is -2.20. The quantitative estimate of drug-likeness (QED) is 0.613. The molecule has 10 heteroatoms. The molecule has 2 rings (SSSR count). The normalized spacial score (nSPS) is 11.3. The third-order valence-corrected chi connectivity index (χ3v) is 3.78. The number of hydrogen-bond acceptors (Lipinski definition) is 3. The van der Waals surface area contributed by atoms with Crippen LogP contribution in [0.1, 0.15) is 0 Å². The van der Waals surface area contributed by atoms with Crippen LogP contribution in [0.5, 0.6) is 0 Å². The van der Waals surface area contributed by atoms with E-state index in [-0.39, 0.29) is 20.8 Å². The molecular formula is C9H4Cl4FN3OS. The second-order valence-electron chi connectivity index (χ2n) is 3.23. The van der Waals surface area contributed by atoms with Gasteiger partial charge in [-0.15, -0.1) is 5.10 Å². The Morgan fingerprint density at radius 3 is 2.58 bits per heavy atom. The predicted octanol–water partition coefficient (Wildman–Crippen LogP) is 3.93. The molecule has 0 saturated heterocycles. The molecule has 0 saturated carbocycles. The van der Waals surface area contributed by atoms with Crippen molar-refractivity contribution in [1.29, 1.82) is 0 Å². The largest absolute Gasteiger partial charge is 0.380 e. The fourth-order valence-electron chi connectivity index (χ4n) is 1.35. The van der Waals surface area contributed by atoms with Gasteiger partial charge < -0.3 is 0 Å². The fourth-order valence-corrected chi connectivity index (χ4v) is 2.88. The van der Waals surface area contributed by atoms with Gasteiger partial charge in [-0.25, -0.2) is 9.36 Å². The van der Waals surface area contributed by atoms with Gasteiger partial charge in [0.1, 0.15) is 0 Å². The van der Waals surface area contributed by atoms with E-state index in [9.17, 15) is 9.28 Å². The highest BCUT2D eigenvalue weighted by Gasteiger charge is 2.19. The topological polar surface area (TPSA) is 39.8 Å². The molecule has 0 radical (unpaired) electrons. The number of alkyl halides is 2. The highest BCUT2D eigenvalue weighted by molar-refractivity contribution is 8.02. The lowest BCUT2D eigenvalue weighted by Gasteiger charge is -2.07. The van der Waals surface area contributed by atoms with E-state index < -0.39 is 9.86 Å². The summed E-state index contributed by atoms with van der Waals surface area (Å²) in [6.45, 7) is 0. The molecule has 0 bridgehead atoms. The highest BCUT2D eigenvalue weighted by Crippen LogP contribution is 2.30. The zero-order valence-electron chi connectivity index (χ0n) is 8.86.